The van der Waals surface area contributed by atoms with E-state index in [1.807, 2.05) is 6.07 Å². The minimum absolute atomic E-state index is 0.120. The number of benzene rings is 1. The average Bonchev–Trinajstić information content (AvgIpc) is 3.06. The number of fused-ring (bicyclic) bond motifs is 1. The van der Waals surface area contributed by atoms with Gasteiger partial charge in [-0.15, -0.1) is 0 Å². The number of nitrogens with zero attached hydrogens (tertiary/aromatic N) is 2. The Morgan fingerprint density at radius 3 is 2.67 bits per heavy atom. The van der Waals surface area contributed by atoms with Crippen LogP contribution in [-0.2, 0) is 9.84 Å². The van der Waals surface area contributed by atoms with E-state index in [-0.39, 0.29) is 10.6 Å². The van der Waals surface area contributed by atoms with Crippen LogP contribution in [0, 0.1) is 23.2 Å². The largest absolute Gasteiger partial charge is 0.316 e. The first kappa shape index (κ1) is 14.5. The maximum Gasteiger partial charge on any atom is 0.179 e. The molecule has 2 aliphatic rings. The quantitative estimate of drug-likeness (QED) is 0.876. The molecule has 1 N–H and O–H groups in total. The van der Waals surface area contributed by atoms with Gasteiger partial charge >= 0.3 is 0 Å². The highest BCUT2D eigenvalue weighted by molar-refractivity contribution is 7.91. The number of nitrogens with one attached hydrogen (secondary N) is 1. The van der Waals surface area contributed by atoms with Crippen LogP contribution in [0.3, 0.4) is 0 Å². The molecule has 2 fully saturated rings. The normalized spacial score (nSPS) is 25.7. The van der Waals surface area contributed by atoms with Gasteiger partial charge in [0.2, 0.25) is 0 Å². The van der Waals surface area contributed by atoms with Gasteiger partial charge in [-0.25, -0.2) is 8.42 Å². The summed E-state index contributed by atoms with van der Waals surface area (Å²) in [5.74, 6) is 1.47. The van der Waals surface area contributed by atoms with Crippen LogP contribution in [0.25, 0.3) is 0 Å². The van der Waals surface area contributed by atoms with Gasteiger partial charge in [0.05, 0.1) is 22.3 Å². The van der Waals surface area contributed by atoms with E-state index in [1.54, 1.807) is 18.2 Å². The van der Waals surface area contributed by atoms with Crippen molar-refractivity contribution >= 4 is 9.84 Å². The predicted octanol–water partition coefficient (Wildman–Crippen LogP) is 0.483. The van der Waals surface area contributed by atoms with Crippen LogP contribution >= 0.6 is 0 Å². The summed E-state index contributed by atoms with van der Waals surface area (Å²) in [4.78, 5) is 2.50. The molecule has 0 bridgehead atoms. The molecule has 2 saturated heterocycles. The lowest BCUT2D eigenvalue weighted by Crippen LogP contribution is -2.30. The van der Waals surface area contributed by atoms with Gasteiger partial charge in [-0.1, -0.05) is 6.07 Å². The molecule has 3 rings (SSSR count). The lowest BCUT2D eigenvalue weighted by Gasteiger charge is -2.16. The van der Waals surface area contributed by atoms with Crippen LogP contribution in [-0.4, -0.2) is 51.8 Å². The highest BCUT2D eigenvalue weighted by Crippen LogP contribution is 2.26. The fourth-order valence-corrected chi connectivity index (χ4v) is 4.59. The first-order valence-electron chi connectivity index (χ1n) is 7.24. The zero-order valence-electron chi connectivity index (χ0n) is 11.8. The Hall–Kier alpha value is -1.42. The Morgan fingerprint density at radius 2 is 2.00 bits per heavy atom. The number of hydrogen-bond donors (Lipinski definition) is 1. The van der Waals surface area contributed by atoms with Gasteiger partial charge in [-0.3, -0.25) is 0 Å². The molecule has 6 heteroatoms. The second-order valence-corrected chi connectivity index (χ2v) is 8.01. The van der Waals surface area contributed by atoms with Crippen molar-refractivity contribution in [2.75, 3.05) is 38.5 Å². The average molecular weight is 305 g/mol. The lowest BCUT2D eigenvalue weighted by atomic mass is 10.0. The first-order chi connectivity index (χ1) is 10.1. The second kappa shape index (κ2) is 5.76. The Balaban J connectivity index is 1.63. The summed E-state index contributed by atoms with van der Waals surface area (Å²) < 4.78 is 24.7. The van der Waals surface area contributed by atoms with Gasteiger partial charge in [0.1, 0.15) is 0 Å². The Labute approximate surface area is 125 Å². The Kier molecular flexibility index (Phi) is 3.98. The number of sulfone groups is 1. The van der Waals surface area contributed by atoms with Crippen molar-refractivity contribution in [2.24, 2.45) is 11.8 Å². The first-order valence-corrected chi connectivity index (χ1v) is 8.90. The fourth-order valence-electron chi connectivity index (χ4n) is 3.26. The molecule has 0 radical (unpaired) electrons. The molecule has 21 heavy (non-hydrogen) atoms. The van der Waals surface area contributed by atoms with Crippen LogP contribution in [0.15, 0.2) is 29.2 Å². The predicted molar refractivity (Wildman–Crippen MR) is 79.5 cm³/mol. The summed E-state index contributed by atoms with van der Waals surface area (Å²) in [6.45, 7) is 4.67. The molecule has 2 atom stereocenters. The van der Waals surface area contributed by atoms with Crippen molar-refractivity contribution in [1.82, 2.24) is 10.2 Å². The molecule has 0 aliphatic carbocycles. The molecule has 0 spiro atoms. The van der Waals surface area contributed by atoms with Crippen LogP contribution in [0.1, 0.15) is 5.56 Å². The molecule has 0 saturated carbocycles. The smallest absolute Gasteiger partial charge is 0.179 e. The molecule has 1 aromatic rings. The number of likely N-dealkylation sites (tertiary alicyclic amines) is 1. The molecular formula is C15H19N3O2S. The standard InChI is InChI=1S/C15H19N3O2S/c16-7-12-2-1-3-15(6-12)21(19,20)5-4-18-10-13-8-17-9-14(13)11-18/h1-3,6,13-14,17H,4-5,8-11H2. The van der Waals surface area contributed by atoms with Crippen LogP contribution in [0.2, 0.25) is 0 Å². The zero-order chi connectivity index (χ0) is 14.9. The monoisotopic (exact) mass is 305 g/mol. The summed E-state index contributed by atoms with van der Waals surface area (Å²) in [5.41, 5.74) is 0.387. The van der Waals surface area contributed by atoms with Crippen molar-refractivity contribution in [2.45, 2.75) is 4.90 Å². The summed E-state index contributed by atoms with van der Waals surface area (Å²) in [7, 11) is -3.31. The number of rotatable bonds is 4. The van der Waals surface area contributed by atoms with E-state index < -0.39 is 9.84 Å². The Morgan fingerprint density at radius 1 is 1.29 bits per heavy atom. The summed E-state index contributed by atoms with van der Waals surface area (Å²) >= 11 is 0. The minimum Gasteiger partial charge on any atom is -0.316 e. The van der Waals surface area contributed by atoms with E-state index in [1.165, 1.54) is 6.07 Å². The Bertz CT molecular complexity index is 654. The molecule has 112 valence electrons. The molecule has 2 aliphatic heterocycles. The topological polar surface area (TPSA) is 73.2 Å². The lowest BCUT2D eigenvalue weighted by molar-refractivity contribution is 0.331. The zero-order valence-corrected chi connectivity index (χ0v) is 12.6. The van der Waals surface area contributed by atoms with Gasteiger partial charge in [-0.2, -0.15) is 5.26 Å². The molecule has 0 aromatic heterocycles. The fraction of sp³-hybridized carbons (Fsp3) is 0.533. The van der Waals surface area contributed by atoms with E-state index in [2.05, 4.69) is 10.2 Å². The van der Waals surface area contributed by atoms with E-state index in [0.29, 0.717) is 23.9 Å². The third-order valence-corrected chi connectivity index (χ3v) is 6.16. The van der Waals surface area contributed by atoms with Gasteiger partial charge in [0.15, 0.2) is 9.84 Å². The van der Waals surface area contributed by atoms with E-state index >= 15 is 0 Å². The number of nitriles is 1. The van der Waals surface area contributed by atoms with Crippen molar-refractivity contribution < 1.29 is 8.42 Å². The van der Waals surface area contributed by atoms with Crippen LogP contribution in [0.4, 0.5) is 0 Å². The highest BCUT2D eigenvalue weighted by atomic mass is 32.2. The SMILES string of the molecule is N#Cc1cccc(S(=O)(=O)CCN2CC3CNCC3C2)c1. The van der Waals surface area contributed by atoms with Gasteiger partial charge in [0, 0.05) is 19.6 Å². The highest BCUT2D eigenvalue weighted by Gasteiger charge is 2.36. The van der Waals surface area contributed by atoms with E-state index in [4.69, 9.17) is 5.26 Å². The molecule has 2 unspecified atom stereocenters. The summed E-state index contributed by atoms with van der Waals surface area (Å²) in [5, 5.41) is 12.2. The second-order valence-electron chi connectivity index (χ2n) is 5.90. The molecule has 5 nitrogen and oxygen atoms in total. The minimum atomic E-state index is -3.31. The summed E-state index contributed by atoms with van der Waals surface area (Å²) in [6.07, 6.45) is 0. The third-order valence-electron chi connectivity index (χ3n) is 4.46. The van der Waals surface area contributed by atoms with Crippen molar-refractivity contribution in [3.63, 3.8) is 0 Å². The maximum atomic E-state index is 12.4. The van der Waals surface area contributed by atoms with Crippen molar-refractivity contribution in [3.8, 4) is 6.07 Å². The van der Waals surface area contributed by atoms with Crippen LogP contribution < -0.4 is 5.32 Å². The molecular weight excluding hydrogens is 286 g/mol. The summed E-state index contributed by atoms with van der Waals surface area (Å²) in [6, 6.07) is 8.25. The number of hydrogen-bond acceptors (Lipinski definition) is 5. The van der Waals surface area contributed by atoms with Crippen molar-refractivity contribution in [3.05, 3.63) is 29.8 Å². The van der Waals surface area contributed by atoms with E-state index in [9.17, 15) is 8.42 Å². The third kappa shape index (κ3) is 3.10. The van der Waals surface area contributed by atoms with Crippen molar-refractivity contribution in [1.29, 1.82) is 5.26 Å². The molecule has 0 amide bonds. The van der Waals surface area contributed by atoms with E-state index in [0.717, 1.165) is 26.2 Å². The maximum absolute atomic E-state index is 12.4. The van der Waals surface area contributed by atoms with Gasteiger partial charge < -0.3 is 10.2 Å². The van der Waals surface area contributed by atoms with Gasteiger partial charge in [0.25, 0.3) is 0 Å². The molecule has 2 heterocycles. The molecule has 1 aromatic carbocycles. The van der Waals surface area contributed by atoms with Gasteiger partial charge in [-0.05, 0) is 43.1 Å². The van der Waals surface area contributed by atoms with Crippen LogP contribution in [0.5, 0.6) is 0 Å².